The number of rotatable bonds is 8. The van der Waals surface area contributed by atoms with E-state index < -0.39 is 10.8 Å². The summed E-state index contributed by atoms with van der Waals surface area (Å²) < 4.78 is 5.09. The van der Waals surface area contributed by atoms with Crippen molar-refractivity contribution < 1.29 is 14.5 Å². The Labute approximate surface area is 169 Å². The smallest absolute Gasteiger partial charge is 0.273 e. The third-order valence-corrected chi connectivity index (χ3v) is 4.37. The first-order chi connectivity index (χ1) is 13.9. The number of nitro benzene ring substituents is 1. The molecule has 29 heavy (non-hydrogen) atoms. The number of non-ortho nitro benzene ring substituents is 1. The van der Waals surface area contributed by atoms with Crippen LogP contribution in [0.4, 0.5) is 11.4 Å². The van der Waals surface area contributed by atoms with Crippen molar-refractivity contribution in [2.24, 2.45) is 0 Å². The predicted octanol–water partition coefficient (Wildman–Crippen LogP) is 3.86. The van der Waals surface area contributed by atoms with Crippen molar-refractivity contribution >= 4 is 17.3 Å². The van der Waals surface area contributed by atoms with Gasteiger partial charge in [0.25, 0.3) is 11.6 Å². The molecule has 0 aliphatic carbocycles. The Morgan fingerprint density at radius 3 is 2.55 bits per heavy atom. The monoisotopic (exact) mass is 394 g/mol. The fourth-order valence-electron chi connectivity index (χ4n) is 2.58. The molecule has 2 rings (SSSR count). The second-order valence-electron chi connectivity index (χ2n) is 6.25. The number of anilines is 1. The van der Waals surface area contributed by atoms with Gasteiger partial charge < -0.3 is 15.4 Å². The number of carbonyl (C=O) groups is 1. The van der Waals surface area contributed by atoms with Gasteiger partial charge in [-0.15, -0.1) is 0 Å². The highest BCUT2D eigenvalue weighted by atomic mass is 16.6. The number of aryl methyl sites for hydroxylation is 1. The zero-order valence-corrected chi connectivity index (χ0v) is 16.4. The zero-order valence-electron chi connectivity index (χ0n) is 16.4. The molecule has 8 nitrogen and oxygen atoms in total. The molecule has 2 aromatic carbocycles. The molecule has 0 bridgehead atoms. The molecular formula is C21H22N4O4. The van der Waals surface area contributed by atoms with Crippen molar-refractivity contribution in [3.8, 4) is 11.8 Å². The first kappa shape index (κ1) is 21.4. The first-order valence-electron chi connectivity index (χ1n) is 8.98. The molecular weight excluding hydrogens is 372 g/mol. The van der Waals surface area contributed by atoms with Crippen molar-refractivity contribution in [3.05, 3.63) is 75.5 Å². The topological polar surface area (TPSA) is 117 Å². The summed E-state index contributed by atoms with van der Waals surface area (Å²) in [5.74, 6) is -0.525. The fraction of sp³-hybridized carbons (Fsp3) is 0.238. The van der Waals surface area contributed by atoms with E-state index in [9.17, 15) is 20.2 Å². The molecule has 0 fully saturated rings. The number of nitrogens with one attached hydrogen (secondary N) is 2. The van der Waals surface area contributed by atoms with Gasteiger partial charge >= 0.3 is 0 Å². The number of hydrogen-bond donors (Lipinski definition) is 2. The minimum atomic E-state index is -0.652. The van der Waals surface area contributed by atoms with Crippen LogP contribution in [-0.4, -0.2) is 17.9 Å². The maximum absolute atomic E-state index is 12.4. The van der Waals surface area contributed by atoms with Crippen molar-refractivity contribution in [2.45, 2.75) is 26.3 Å². The maximum Gasteiger partial charge on any atom is 0.273 e. The Hall–Kier alpha value is -3.86. The third kappa shape index (κ3) is 5.56. The van der Waals surface area contributed by atoms with Crippen molar-refractivity contribution in [3.63, 3.8) is 0 Å². The van der Waals surface area contributed by atoms with Gasteiger partial charge in [-0.25, -0.2) is 0 Å². The van der Waals surface area contributed by atoms with Crippen LogP contribution in [0.5, 0.6) is 5.75 Å². The number of ether oxygens (including phenoxy) is 1. The molecule has 150 valence electrons. The molecule has 1 unspecified atom stereocenters. The minimum absolute atomic E-state index is 0.106. The molecule has 0 aromatic heterocycles. The Bertz CT molecular complexity index is 962. The van der Waals surface area contributed by atoms with Gasteiger partial charge in [-0.3, -0.25) is 14.9 Å². The van der Waals surface area contributed by atoms with Gasteiger partial charge in [-0.2, -0.15) is 5.26 Å². The molecule has 1 atom stereocenters. The van der Waals surface area contributed by atoms with Crippen LogP contribution >= 0.6 is 0 Å². The molecule has 2 aromatic rings. The van der Waals surface area contributed by atoms with Crippen LogP contribution < -0.4 is 15.4 Å². The van der Waals surface area contributed by atoms with Crippen molar-refractivity contribution in [2.75, 3.05) is 12.4 Å². The molecule has 1 amide bonds. The Balaban J connectivity index is 2.11. The molecule has 0 spiro atoms. The van der Waals surface area contributed by atoms with E-state index in [-0.39, 0.29) is 28.7 Å². The molecule has 8 heteroatoms. The highest BCUT2D eigenvalue weighted by molar-refractivity contribution is 6.07. The van der Waals surface area contributed by atoms with E-state index in [1.165, 1.54) is 37.1 Å². The second kappa shape index (κ2) is 9.90. The Morgan fingerprint density at radius 1 is 1.31 bits per heavy atom. The van der Waals surface area contributed by atoms with E-state index >= 15 is 0 Å². The number of carbonyl (C=O) groups excluding carboxylic acids is 1. The zero-order chi connectivity index (χ0) is 21.4. The van der Waals surface area contributed by atoms with Gasteiger partial charge in [0, 0.05) is 18.3 Å². The van der Waals surface area contributed by atoms with E-state index in [1.54, 1.807) is 0 Å². The molecule has 0 radical (unpaired) electrons. The predicted molar refractivity (Wildman–Crippen MR) is 109 cm³/mol. The lowest BCUT2D eigenvalue weighted by molar-refractivity contribution is -0.384. The van der Waals surface area contributed by atoms with Crippen LogP contribution in [0.15, 0.2) is 54.2 Å². The average molecular weight is 394 g/mol. The molecule has 2 N–H and O–H groups in total. The first-order valence-corrected chi connectivity index (χ1v) is 8.98. The normalized spacial score (nSPS) is 11.9. The summed E-state index contributed by atoms with van der Waals surface area (Å²) in [5, 5.41) is 25.8. The summed E-state index contributed by atoms with van der Waals surface area (Å²) in [6, 6.07) is 13.6. The summed E-state index contributed by atoms with van der Waals surface area (Å²) in [4.78, 5) is 22.7. The Kier molecular flexibility index (Phi) is 7.32. The highest BCUT2D eigenvalue weighted by Gasteiger charge is 2.16. The quantitative estimate of drug-likeness (QED) is 0.304. The van der Waals surface area contributed by atoms with Gasteiger partial charge in [-0.05, 0) is 30.5 Å². The molecule has 0 aliphatic rings. The van der Waals surface area contributed by atoms with E-state index in [4.69, 9.17) is 4.74 Å². The third-order valence-electron chi connectivity index (χ3n) is 4.37. The second-order valence-corrected chi connectivity index (χ2v) is 6.25. The summed E-state index contributed by atoms with van der Waals surface area (Å²) in [6.45, 7) is 4.00. The lowest BCUT2D eigenvalue weighted by atomic mass is 10.1. The fourth-order valence-corrected chi connectivity index (χ4v) is 2.58. The number of nitrogens with zero attached hydrogens (tertiary/aromatic N) is 2. The average Bonchev–Trinajstić information content (AvgIpc) is 2.74. The number of methoxy groups -OCH3 is 1. The van der Waals surface area contributed by atoms with Crippen molar-refractivity contribution in [1.29, 1.82) is 5.26 Å². The van der Waals surface area contributed by atoms with Gasteiger partial charge in [0.1, 0.15) is 17.4 Å². The molecule has 0 heterocycles. The SMILES string of the molecule is CCc1ccc(C(C)N/C=C(/C#N)C(=O)Nc2ccc([N+](=O)[O-])cc2OC)cc1. The van der Waals surface area contributed by atoms with Crippen LogP contribution in [0.2, 0.25) is 0 Å². The van der Waals surface area contributed by atoms with Gasteiger partial charge in [-0.1, -0.05) is 31.2 Å². The van der Waals surface area contributed by atoms with Gasteiger partial charge in [0.15, 0.2) is 0 Å². The summed E-state index contributed by atoms with van der Waals surface area (Å²) in [7, 11) is 1.34. The molecule has 0 saturated carbocycles. The molecule has 0 aliphatic heterocycles. The van der Waals surface area contributed by atoms with E-state index in [0.717, 1.165) is 12.0 Å². The molecule has 0 saturated heterocycles. The van der Waals surface area contributed by atoms with Crippen LogP contribution in [0, 0.1) is 21.4 Å². The summed E-state index contributed by atoms with van der Waals surface area (Å²) in [5.41, 5.74) is 2.18. The minimum Gasteiger partial charge on any atom is -0.494 e. The van der Waals surface area contributed by atoms with Crippen LogP contribution in [0.3, 0.4) is 0 Å². The lowest BCUT2D eigenvalue weighted by Gasteiger charge is -2.14. The van der Waals surface area contributed by atoms with Crippen LogP contribution in [0.25, 0.3) is 0 Å². The maximum atomic E-state index is 12.4. The van der Waals surface area contributed by atoms with Crippen LogP contribution in [0.1, 0.15) is 31.0 Å². The number of nitriles is 1. The number of amides is 1. The van der Waals surface area contributed by atoms with E-state index in [1.807, 2.05) is 37.3 Å². The van der Waals surface area contributed by atoms with Crippen molar-refractivity contribution in [1.82, 2.24) is 5.32 Å². The number of hydrogen-bond acceptors (Lipinski definition) is 6. The summed E-state index contributed by atoms with van der Waals surface area (Å²) >= 11 is 0. The number of nitro groups is 1. The standard InChI is InChI=1S/C21H22N4O4/c1-4-15-5-7-16(8-6-15)14(2)23-13-17(12-22)21(26)24-19-10-9-18(25(27)28)11-20(19)29-3/h5-11,13-14,23H,4H2,1-3H3,(H,24,26)/b17-13-. The summed E-state index contributed by atoms with van der Waals surface area (Å²) in [6.07, 6.45) is 2.30. The number of benzene rings is 2. The Morgan fingerprint density at radius 2 is 2.00 bits per heavy atom. The van der Waals surface area contributed by atoms with Crippen LogP contribution in [-0.2, 0) is 11.2 Å². The van der Waals surface area contributed by atoms with E-state index in [2.05, 4.69) is 17.6 Å². The van der Waals surface area contributed by atoms with E-state index in [0.29, 0.717) is 0 Å². The van der Waals surface area contributed by atoms with Gasteiger partial charge in [0.2, 0.25) is 0 Å². The largest absolute Gasteiger partial charge is 0.494 e. The lowest BCUT2D eigenvalue weighted by Crippen LogP contribution is -2.19. The van der Waals surface area contributed by atoms with Gasteiger partial charge in [0.05, 0.1) is 23.8 Å². The highest BCUT2D eigenvalue weighted by Crippen LogP contribution is 2.29.